The number of nitrogens with zero attached hydrogens (tertiary/aromatic N) is 1. The number of halogens is 2. The maximum absolute atomic E-state index is 13.2. The van der Waals surface area contributed by atoms with Crippen molar-refractivity contribution in [2.75, 3.05) is 0 Å². The number of cyclic esters (lactones) is 1. The van der Waals surface area contributed by atoms with Crippen molar-refractivity contribution in [3.8, 4) is 0 Å². The lowest BCUT2D eigenvalue weighted by Crippen LogP contribution is -2.05. The van der Waals surface area contributed by atoms with Gasteiger partial charge in [0.25, 0.3) is 0 Å². The molecule has 3 nitrogen and oxygen atoms in total. The summed E-state index contributed by atoms with van der Waals surface area (Å²) in [6.07, 6.45) is 1.62. The number of esters is 1. The van der Waals surface area contributed by atoms with E-state index in [0.717, 1.165) is 10.0 Å². The molecule has 0 saturated heterocycles. The van der Waals surface area contributed by atoms with Crippen LogP contribution in [0.2, 0.25) is 0 Å². The molecule has 2 aromatic rings. The van der Waals surface area contributed by atoms with Crippen LogP contribution in [-0.2, 0) is 9.53 Å². The zero-order chi connectivity index (χ0) is 14.8. The Hall–Kier alpha value is -2.27. The summed E-state index contributed by atoms with van der Waals surface area (Å²) in [6.45, 7) is 0. The van der Waals surface area contributed by atoms with Crippen molar-refractivity contribution in [3.63, 3.8) is 0 Å². The Bertz CT molecular complexity index is 783. The number of rotatable bonds is 2. The second-order valence-electron chi connectivity index (χ2n) is 4.40. The maximum atomic E-state index is 13.2. The van der Waals surface area contributed by atoms with Gasteiger partial charge in [-0.1, -0.05) is 34.1 Å². The molecule has 1 aliphatic rings. The summed E-state index contributed by atoms with van der Waals surface area (Å²) in [7, 11) is 0. The molecule has 0 aromatic heterocycles. The van der Waals surface area contributed by atoms with Gasteiger partial charge >= 0.3 is 5.97 Å². The Morgan fingerprint density at radius 1 is 1.14 bits per heavy atom. The van der Waals surface area contributed by atoms with Gasteiger partial charge < -0.3 is 4.74 Å². The van der Waals surface area contributed by atoms with Crippen molar-refractivity contribution in [1.29, 1.82) is 0 Å². The van der Waals surface area contributed by atoms with E-state index in [1.165, 1.54) is 18.2 Å². The molecule has 0 unspecified atom stereocenters. The van der Waals surface area contributed by atoms with Crippen LogP contribution in [0.1, 0.15) is 11.1 Å². The van der Waals surface area contributed by atoms with E-state index in [1.807, 2.05) is 24.3 Å². The Kier molecular flexibility index (Phi) is 3.66. The summed E-state index contributed by atoms with van der Waals surface area (Å²) < 4.78 is 19.2. The summed E-state index contributed by atoms with van der Waals surface area (Å²) in [4.78, 5) is 16.0. The molecule has 1 aliphatic heterocycles. The first-order valence-electron chi connectivity index (χ1n) is 6.16. The van der Waals surface area contributed by atoms with Crippen molar-refractivity contribution in [3.05, 3.63) is 75.6 Å². The molecule has 3 rings (SSSR count). The average Bonchev–Trinajstić information content (AvgIpc) is 2.80. The smallest absolute Gasteiger partial charge is 0.363 e. The second kappa shape index (κ2) is 5.61. The third kappa shape index (κ3) is 3.08. The zero-order valence-corrected chi connectivity index (χ0v) is 12.3. The molecular formula is C16H9BrFNO2. The molecule has 0 aliphatic carbocycles. The third-order valence-corrected chi connectivity index (χ3v) is 3.34. The number of carbonyl (C=O) groups is 1. The van der Waals surface area contributed by atoms with Crippen LogP contribution in [0, 0.1) is 5.82 Å². The van der Waals surface area contributed by atoms with Crippen LogP contribution in [0.25, 0.3) is 6.08 Å². The number of carbonyl (C=O) groups excluding carboxylic acids is 1. The monoisotopic (exact) mass is 345 g/mol. The number of ether oxygens (including phenoxy) is 1. The summed E-state index contributed by atoms with van der Waals surface area (Å²) in [6, 6.07) is 13.2. The molecule has 0 fully saturated rings. The topological polar surface area (TPSA) is 38.7 Å². The molecule has 0 radical (unpaired) electrons. The van der Waals surface area contributed by atoms with Gasteiger partial charge in [0.2, 0.25) is 5.90 Å². The van der Waals surface area contributed by atoms with Crippen LogP contribution in [0.4, 0.5) is 4.39 Å². The molecule has 104 valence electrons. The van der Waals surface area contributed by atoms with Crippen LogP contribution in [0.15, 0.2) is 63.7 Å². The van der Waals surface area contributed by atoms with Crippen molar-refractivity contribution < 1.29 is 13.9 Å². The minimum Gasteiger partial charge on any atom is -0.402 e. The fourth-order valence-corrected chi connectivity index (χ4v) is 2.33. The highest BCUT2D eigenvalue weighted by molar-refractivity contribution is 9.10. The SMILES string of the molecule is O=C1OC(c2cccc(F)c2)=N/C1=C/c1cccc(Br)c1. The molecule has 0 bridgehead atoms. The van der Waals surface area contributed by atoms with E-state index < -0.39 is 11.8 Å². The highest BCUT2D eigenvalue weighted by Crippen LogP contribution is 2.21. The maximum Gasteiger partial charge on any atom is 0.363 e. The minimum absolute atomic E-state index is 0.112. The molecule has 0 saturated carbocycles. The molecule has 0 amide bonds. The molecular weight excluding hydrogens is 337 g/mol. The first-order valence-corrected chi connectivity index (χ1v) is 6.95. The summed E-state index contributed by atoms with van der Waals surface area (Å²) in [5.74, 6) is -0.842. The van der Waals surface area contributed by atoms with E-state index in [0.29, 0.717) is 5.56 Å². The lowest BCUT2D eigenvalue weighted by Gasteiger charge is -1.98. The Balaban J connectivity index is 1.95. The number of hydrogen-bond acceptors (Lipinski definition) is 3. The zero-order valence-electron chi connectivity index (χ0n) is 10.7. The lowest BCUT2D eigenvalue weighted by atomic mass is 10.2. The van der Waals surface area contributed by atoms with Gasteiger partial charge in [0.1, 0.15) is 5.82 Å². The van der Waals surface area contributed by atoms with Gasteiger partial charge in [-0.3, -0.25) is 0 Å². The van der Waals surface area contributed by atoms with E-state index in [1.54, 1.807) is 12.1 Å². The van der Waals surface area contributed by atoms with Gasteiger partial charge in [-0.15, -0.1) is 0 Å². The molecule has 0 atom stereocenters. The molecule has 2 aromatic carbocycles. The van der Waals surface area contributed by atoms with Gasteiger partial charge in [0.15, 0.2) is 5.70 Å². The molecule has 0 spiro atoms. The van der Waals surface area contributed by atoms with Gasteiger partial charge in [0, 0.05) is 10.0 Å². The standard InChI is InChI=1S/C16H9BrFNO2/c17-12-5-1-3-10(7-12)8-14-16(20)21-15(19-14)11-4-2-6-13(18)9-11/h1-9H/b14-8+. The minimum atomic E-state index is -0.547. The van der Waals surface area contributed by atoms with Crippen LogP contribution in [0.3, 0.4) is 0 Å². The summed E-state index contributed by atoms with van der Waals surface area (Å²) in [5, 5.41) is 0. The van der Waals surface area contributed by atoms with Gasteiger partial charge in [-0.2, -0.15) is 0 Å². The van der Waals surface area contributed by atoms with Crippen molar-refractivity contribution >= 4 is 33.9 Å². The highest BCUT2D eigenvalue weighted by Gasteiger charge is 2.24. The quantitative estimate of drug-likeness (QED) is 0.610. The summed E-state index contributed by atoms with van der Waals surface area (Å²) in [5.41, 5.74) is 1.44. The van der Waals surface area contributed by atoms with Crippen LogP contribution < -0.4 is 0 Å². The van der Waals surface area contributed by atoms with E-state index in [2.05, 4.69) is 20.9 Å². The molecule has 21 heavy (non-hydrogen) atoms. The van der Waals surface area contributed by atoms with Gasteiger partial charge in [-0.05, 0) is 42.0 Å². The molecule has 5 heteroatoms. The van der Waals surface area contributed by atoms with Crippen molar-refractivity contribution in [1.82, 2.24) is 0 Å². The van der Waals surface area contributed by atoms with Crippen LogP contribution >= 0.6 is 15.9 Å². The Morgan fingerprint density at radius 2 is 1.95 bits per heavy atom. The number of aliphatic imine (C=N–C) groups is 1. The van der Waals surface area contributed by atoms with Crippen LogP contribution in [-0.4, -0.2) is 11.9 Å². The largest absolute Gasteiger partial charge is 0.402 e. The van der Waals surface area contributed by atoms with E-state index in [-0.39, 0.29) is 11.6 Å². The third-order valence-electron chi connectivity index (χ3n) is 2.84. The second-order valence-corrected chi connectivity index (χ2v) is 5.32. The van der Waals surface area contributed by atoms with Gasteiger partial charge in [0.05, 0.1) is 0 Å². The summed E-state index contributed by atoms with van der Waals surface area (Å²) >= 11 is 3.36. The average molecular weight is 346 g/mol. The van der Waals surface area contributed by atoms with E-state index in [4.69, 9.17) is 4.74 Å². The molecule has 1 heterocycles. The fourth-order valence-electron chi connectivity index (χ4n) is 1.91. The van der Waals surface area contributed by atoms with E-state index >= 15 is 0 Å². The first kappa shape index (κ1) is 13.7. The highest BCUT2D eigenvalue weighted by atomic mass is 79.9. The lowest BCUT2D eigenvalue weighted by molar-refractivity contribution is -0.129. The fraction of sp³-hybridized carbons (Fsp3) is 0. The predicted molar refractivity (Wildman–Crippen MR) is 81.1 cm³/mol. The van der Waals surface area contributed by atoms with E-state index in [9.17, 15) is 9.18 Å². The van der Waals surface area contributed by atoms with Gasteiger partial charge in [-0.25, -0.2) is 14.2 Å². The number of benzene rings is 2. The Morgan fingerprint density at radius 3 is 2.71 bits per heavy atom. The van der Waals surface area contributed by atoms with Crippen LogP contribution in [0.5, 0.6) is 0 Å². The van der Waals surface area contributed by atoms with Crippen molar-refractivity contribution in [2.45, 2.75) is 0 Å². The Labute approximate surface area is 128 Å². The van der Waals surface area contributed by atoms with Crippen molar-refractivity contribution in [2.24, 2.45) is 4.99 Å². The normalized spacial score (nSPS) is 16.0. The predicted octanol–water partition coefficient (Wildman–Crippen LogP) is 3.93. The number of hydrogen-bond donors (Lipinski definition) is 0. The molecule has 0 N–H and O–H groups in total. The first-order chi connectivity index (χ1) is 10.1.